The SMILES string of the molecule is Cc1nc(N)sc1SCCC(=O)NN. The summed E-state index contributed by atoms with van der Waals surface area (Å²) < 4.78 is 1.06. The van der Waals surface area contributed by atoms with E-state index in [-0.39, 0.29) is 5.91 Å². The molecule has 5 N–H and O–H groups in total. The minimum Gasteiger partial charge on any atom is -0.375 e. The van der Waals surface area contributed by atoms with Crippen molar-refractivity contribution in [3.8, 4) is 0 Å². The number of amides is 1. The number of nitrogen functional groups attached to an aromatic ring is 1. The van der Waals surface area contributed by atoms with Crippen LogP contribution in [0.4, 0.5) is 5.13 Å². The summed E-state index contributed by atoms with van der Waals surface area (Å²) in [5.74, 6) is 5.47. The maximum Gasteiger partial charge on any atom is 0.234 e. The highest BCUT2D eigenvalue weighted by molar-refractivity contribution is 8.01. The number of aryl methyl sites for hydroxylation is 1. The first-order chi connectivity index (χ1) is 6.63. The van der Waals surface area contributed by atoms with Gasteiger partial charge in [-0.3, -0.25) is 10.2 Å². The minimum absolute atomic E-state index is 0.160. The van der Waals surface area contributed by atoms with Crippen molar-refractivity contribution in [1.29, 1.82) is 0 Å². The largest absolute Gasteiger partial charge is 0.375 e. The van der Waals surface area contributed by atoms with E-state index in [0.717, 1.165) is 9.90 Å². The second-order valence-corrected chi connectivity index (χ2v) is 4.99. The van der Waals surface area contributed by atoms with E-state index in [1.54, 1.807) is 11.8 Å². The molecule has 0 fully saturated rings. The Morgan fingerprint density at radius 1 is 1.71 bits per heavy atom. The molecular weight excluding hydrogens is 220 g/mol. The lowest BCUT2D eigenvalue weighted by atomic mass is 10.5. The number of aromatic nitrogens is 1. The smallest absolute Gasteiger partial charge is 0.234 e. The third-order valence-electron chi connectivity index (χ3n) is 1.49. The number of hydrogen-bond acceptors (Lipinski definition) is 6. The van der Waals surface area contributed by atoms with Gasteiger partial charge in [-0.1, -0.05) is 11.3 Å². The Morgan fingerprint density at radius 2 is 2.43 bits per heavy atom. The molecule has 0 aromatic carbocycles. The minimum atomic E-state index is -0.160. The molecule has 78 valence electrons. The lowest BCUT2D eigenvalue weighted by Crippen LogP contribution is -2.30. The lowest BCUT2D eigenvalue weighted by molar-refractivity contribution is -0.120. The number of hydrazine groups is 1. The van der Waals surface area contributed by atoms with Crippen molar-refractivity contribution in [2.24, 2.45) is 5.84 Å². The van der Waals surface area contributed by atoms with Crippen LogP contribution in [0.25, 0.3) is 0 Å². The van der Waals surface area contributed by atoms with Crippen molar-refractivity contribution in [2.45, 2.75) is 17.6 Å². The van der Waals surface area contributed by atoms with Gasteiger partial charge in [0.1, 0.15) is 0 Å². The van der Waals surface area contributed by atoms with Crippen LogP contribution in [0.5, 0.6) is 0 Å². The lowest BCUT2D eigenvalue weighted by Gasteiger charge is -1.98. The second kappa shape index (κ2) is 5.18. The van der Waals surface area contributed by atoms with Gasteiger partial charge in [-0.25, -0.2) is 10.8 Å². The van der Waals surface area contributed by atoms with Gasteiger partial charge in [0.05, 0.1) is 9.90 Å². The summed E-state index contributed by atoms with van der Waals surface area (Å²) in [4.78, 5) is 14.9. The quantitative estimate of drug-likeness (QED) is 0.304. The molecule has 0 aliphatic carbocycles. The van der Waals surface area contributed by atoms with E-state index >= 15 is 0 Å². The van der Waals surface area contributed by atoms with Gasteiger partial charge in [0.25, 0.3) is 0 Å². The number of nitrogens with two attached hydrogens (primary N) is 2. The number of carbonyl (C=O) groups excluding carboxylic acids is 1. The zero-order valence-corrected chi connectivity index (χ0v) is 9.37. The zero-order valence-electron chi connectivity index (χ0n) is 7.74. The highest BCUT2D eigenvalue weighted by atomic mass is 32.2. The van der Waals surface area contributed by atoms with Crippen molar-refractivity contribution in [3.05, 3.63) is 5.69 Å². The molecule has 0 bridgehead atoms. The van der Waals surface area contributed by atoms with E-state index in [9.17, 15) is 4.79 Å². The monoisotopic (exact) mass is 232 g/mol. The Morgan fingerprint density at radius 3 is 2.93 bits per heavy atom. The molecule has 1 aromatic heterocycles. The number of anilines is 1. The average Bonchev–Trinajstić information content (AvgIpc) is 2.45. The highest BCUT2D eigenvalue weighted by Crippen LogP contribution is 2.30. The number of nitrogens with one attached hydrogen (secondary N) is 1. The highest BCUT2D eigenvalue weighted by Gasteiger charge is 2.06. The van der Waals surface area contributed by atoms with Crippen molar-refractivity contribution < 1.29 is 4.79 Å². The molecule has 0 atom stereocenters. The van der Waals surface area contributed by atoms with E-state index in [1.807, 2.05) is 6.92 Å². The summed E-state index contributed by atoms with van der Waals surface area (Å²) >= 11 is 3.01. The van der Waals surface area contributed by atoms with Crippen molar-refractivity contribution in [2.75, 3.05) is 11.5 Å². The Bertz CT molecular complexity index is 325. The van der Waals surface area contributed by atoms with E-state index in [0.29, 0.717) is 17.3 Å². The zero-order chi connectivity index (χ0) is 10.6. The summed E-state index contributed by atoms with van der Waals surface area (Å²) in [6.45, 7) is 1.90. The normalized spacial score (nSPS) is 10.1. The Labute approximate surface area is 90.2 Å². The molecular formula is C7H12N4OS2. The third kappa shape index (κ3) is 3.17. The molecule has 0 radical (unpaired) electrons. The van der Waals surface area contributed by atoms with Crippen LogP contribution in [0.2, 0.25) is 0 Å². The van der Waals surface area contributed by atoms with Crippen molar-refractivity contribution in [3.63, 3.8) is 0 Å². The van der Waals surface area contributed by atoms with Gasteiger partial charge in [-0.2, -0.15) is 0 Å². The van der Waals surface area contributed by atoms with Gasteiger partial charge < -0.3 is 5.73 Å². The van der Waals surface area contributed by atoms with E-state index in [4.69, 9.17) is 11.6 Å². The number of rotatable bonds is 4. The number of thioether (sulfide) groups is 1. The van der Waals surface area contributed by atoms with E-state index in [2.05, 4.69) is 10.4 Å². The second-order valence-electron chi connectivity index (χ2n) is 2.59. The fourth-order valence-electron chi connectivity index (χ4n) is 0.845. The van der Waals surface area contributed by atoms with E-state index in [1.165, 1.54) is 11.3 Å². The van der Waals surface area contributed by atoms with Gasteiger partial charge in [-0.05, 0) is 6.92 Å². The molecule has 0 aliphatic heterocycles. The van der Waals surface area contributed by atoms with Crippen LogP contribution in [-0.4, -0.2) is 16.6 Å². The predicted octanol–water partition coefficient (Wildman–Crippen LogP) is 0.506. The Kier molecular flexibility index (Phi) is 4.18. The Balaban J connectivity index is 2.38. The fourth-order valence-corrected chi connectivity index (χ4v) is 2.88. The molecule has 1 aromatic rings. The first-order valence-electron chi connectivity index (χ1n) is 3.98. The molecule has 5 nitrogen and oxygen atoms in total. The van der Waals surface area contributed by atoms with Gasteiger partial charge in [0, 0.05) is 12.2 Å². The van der Waals surface area contributed by atoms with Crippen molar-refractivity contribution >= 4 is 34.1 Å². The van der Waals surface area contributed by atoms with Crippen molar-refractivity contribution in [1.82, 2.24) is 10.4 Å². The molecule has 0 unspecified atom stereocenters. The van der Waals surface area contributed by atoms with Crippen LogP contribution in [0.1, 0.15) is 12.1 Å². The summed E-state index contributed by atoms with van der Waals surface area (Å²) in [5, 5.41) is 0.563. The number of hydrogen-bond donors (Lipinski definition) is 3. The summed E-state index contributed by atoms with van der Waals surface area (Å²) in [6, 6.07) is 0. The first-order valence-corrected chi connectivity index (χ1v) is 5.79. The predicted molar refractivity (Wildman–Crippen MR) is 58.9 cm³/mol. The molecule has 1 rings (SSSR count). The standard InChI is InChI=1S/C7H12N4OS2/c1-4-6(14-7(8)10-4)13-3-2-5(12)11-9/h2-3,9H2,1H3,(H2,8,10)(H,11,12). The molecule has 14 heavy (non-hydrogen) atoms. The van der Waals surface area contributed by atoms with Gasteiger partial charge in [0.15, 0.2) is 5.13 Å². The maximum atomic E-state index is 10.8. The molecule has 1 heterocycles. The van der Waals surface area contributed by atoms with Crippen LogP contribution in [-0.2, 0) is 4.79 Å². The fraction of sp³-hybridized carbons (Fsp3) is 0.429. The number of nitrogens with zero attached hydrogens (tertiary/aromatic N) is 1. The maximum absolute atomic E-state index is 10.8. The summed E-state index contributed by atoms with van der Waals surface area (Å²) in [7, 11) is 0. The first kappa shape index (κ1) is 11.3. The van der Waals surface area contributed by atoms with Crippen LogP contribution in [0.3, 0.4) is 0 Å². The van der Waals surface area contributed by atoms with Gasteiger partial charge in [-0.15, -0.1) is 11.8 Å². The topological polar surface area (TPSA) is 94.0 Å². The molecule has 1 amide bonds. The van der Waals surface area contributed by atoms with Gasteiger partial charge in [0.2, 0.25) is 5.91 Å². The summed E-state index contributed by atoms with van der Waals surface area (Å²) in [5.41, 5.74) is 8.54. The number of carbonyl (C=O) groups is 1. The van der Waals surface area contributed by atoms with Crippen LogP contribution in [0.15, 0.2) is 4.21 Å². The van der Waals surface area contributed by atoms with Crippen LogP contribution in [0, 0.1) is 6.92 Å². The molecule has 0 spiro atoms. The molecule has 0 aliphatic rings. The van der Waals surface area contributed by atoms with Gasteiger partial charge >= 0.3 is 0 Å². The van der Waals surface area contributed by atoms with E-state index < -0.39 is 0 Å². The summed E-state index contributed by atoms with van der Waals surface area (Å²) in [6.07, 6.45) is 0.401. The molecule has 0 saturated heterocycles. The third-order valence-corrected chi connectivity index (χ3v) is 3.84. The van der Waals surface area contributed by atoms with Crippen LogP contribution >= 0.6 is 23.1 Å². The number of thiazole rings is 1. The average molecular weight is 232 g/mol. The molecule has 7 heteroatoms. The van der Waals surface area contributed by atoms with Crippen LogP contribution < -0.4 is 17.0 Å². The Hall–Kier alpha value is -0.790. The molecule has 0 saturated carbocycles.